The first-order valence-corrected chi connectivity index (χ1v) is 8.45. The van der Waals surface area contributed by atoms with Crippen molar-refractivity contribution in [2.75, 3.05) is 0 Å². The Morgan fingerprint density at radius 3 is 2.94 bits per heavy atom. The van der Waals surface area contributed by atoms with Crippen molar-refractivity contribution >= 4 is 59.5 Å². The second-order valence-corrected chi connectivity index (χ2v) is 8.45. The van der Waals surface area contributed by atoms with Gasteiger partial charge in [-0.25, -0.2) is 4.98 Å². The fourth-order valence-corrected chi connectivity index (χ4v) is 5.44. The molecule has 18 heavy (non-hydrogen) atoms. The van der Waals surface area contributed by atoms with E-state index in [0.29, 0.717) is 6.42 Å². The van der Waals surface area contributed by atoms with Gasteiger partial charge in [0.15, 0.2) is 4.96 Å². The summed E-state index contributed by atoms with van der Waals surface area (Å²) in [6.07, 6.45) is 3.92. The first kappa shape index (κ1) is 12.8. The molecule has 0 aliphatic rings. The molecule has 94 valence electrons. The highest BCUT2D eigenvalue weighted by Gasteiger charge is 2.16. The molecule has 1 unspecified atom stereocenters. The summed E-state index contributed by atoms with van der Waals surface area (Å²) in [5.74, 6) is 0. The maximum absolute atomic E-state index is 10.2. The highest BCUT2D eigenvalue weighted by molar-refractivity contribution is 9.12. The molecule has 0 saturated heterocycles. The van der Waals surface area contributed by atoms with Gasteiger partial charge < -0.3 is 5.11 Å². The molecule has 7 heteroatoms. The Labute approximate surface area is 128 Å². The minimum Gasteiger partial charge on any atom is -0.388 e. The average Bonchev–Trinajstić information content (AvgIpc) is 2.92. The SMILES string of the molecule is OC(Cc1cn2ccsc2n1)c1cc(Br)sc1Br. The Bertz CT molecular complexity index is 660. The van der Waals surface area contributed by atoms with E-state index >= 15 is 0 Å². The predicted molar refractivity (Wildman–Crippen MR) is 81.5 cm³/mol. The molecule has 0 spiro atoms. The minimum absolute atomic E-state index is 0.524. The molecule has 1 atom stereocenters. The molecule has 3 nitrogen and oxygen atoms in total. The molecule has 0 radical (unpaired) electrons. The van der Waals surface area contributed by atoms with Crippen molar-refractivity contribution in [2.24, 2.45) is 0 Å². The van der Waals surface area contributed by atoms with Crippen molar-refractivity contribution < 1.29 is 5.11 Å². The summed E-state index contributed by atoms with van der Waals surface area (Å²) in [7, 11) is 0. The number of aliphatic hydroxyl groups excluding tert-OH is 1. The van der Waals surface area contributed by atoms with Gasteiger partial charge >= 0.3 is 0 Å². The van der Waals surface area contributed by atoms with Crippen LogP contribution in [0, 0.1) is 0 Å². The zero-order valence-electron chi connectivity index (χ0n) is 9.01. The standard InChI is InChI=1S/C11H8Br2N2OS2/c12-9-4-7(10(13)18-9)8(16)3-6-5-15-1-2-17-11(15)14-6/h1-2,4-5,8,16H,3H2. The number of aliphatic hydroxyl groups is 1. The summed E-state index contributed by atoms with van der Waals surface area (Å²) in [5, 5.41) is 12.2. The van der Waals surface area contributed by atoms with Gasteiger partial charge in [0.2, 0.25) is 0 Å². The van der Waals surface area contributed by atoms with Crippen molar-refractivity contribution in [3.63, 3.8) is 0 Å². The number of halogens is 2. The molecule has 0 fully saturated rings. The Balaban J connectivity index is 1.83. The molecular weight excluding hydrogens is 400 g/mol. The van der Waals surface area contributed by atoms with Crippen molar-refractivity contribution in [3.8, 4) is 0 Å². The fraction of sp³-hybridized carbons (Fsp3) is 0.182. The van der Waals surface area contributed by atoms with Crippen LogP contribution in [0.25, 0.3) is 4.96 Å². The van der Waals surface area contributed by atoms with Crippen LogP contribution >= 0.6 is 54.5 Å². The van der Waals surface area contributed by atoms with E-state index < -0.39 is 6.10 Å². The van der Waals surface area contributed by atoms with E-state index in [0.717, 1.165) is 23.8 Å². The summed E-state index contributed by atoms with van der Waals surface area (Å²) in [5.41, 5.74) is 1.81. The van der Waals surface area contributed by atoms with Crippen LogP contribution in [0.5, 0.6) is 0 Å². The molecule has 3 aromatic rings. The highest BCUT2D eigenvalue weighted by Crippen LogP contribution is 2.36. The van der Waals surface area contributed by atoms with Crippen molar-refractivity contribution in [3.05, 3.63) is 42.7 Å². The van der Waals surface area contributed by atoms with Crippen LogP contribution in [-0.4, -0.2) is 14.5 Å². The fourth-order valence-electron chi connectivity index (χ4n) is 1.76. The van der Waals surface area contributed by atoms with Crippen LogP contribution in [0.2, 0.25) is 0 Å². The molecule has 3 aromatic heterocycles. The summed E-state index contributed by atoms with van der Waals surface area (Å²) < 4.78 is 3.95. The Morgan fingerprint density at radius 2 is 2.28 bits per heavy atom. The lowest BCUT2D eigenvalue weighted by Gasteiger charge is -2.07. The zero-order chi connectivity index (χ0) is 12.7. The van der Waals surface area contributed by atoms with Gasteiger partial charge in [-0.2, -0.15) is 0 Å². The minimum atomic E-state index is -0.536. The molecule has 3 rings (SSSR count). The average molecular weight is 408 g/mol. The Morgan fingerprint density at radius 1 is 1.44 bits per heavy atom. The van der Waals surface area contributed by atoms with E-state index in [4.69, 9.17) is 0 Å². The van der Waals surface area contributed by atoms with E-state index in [2.05, 4.69) is 36.8 Å². The van der Waals surface area contributed by atoms with Crippen molar-refractivity contribution in [1.82, 2.24) is 9.38 Å². The number of thiophene rings is 1. The first-order valence-electron chi connectivity index (χ1n) is 5.17. The van der Waals surface area contributed by atoms with Crippen molar-refractivity contribution in [1.29, 1.82) is 0 Å². The Kier molecular flexibility index (Phi) is 3.59. The van der Waals surface area contributed by atoms with Crippen LogP contribution in [0.3, 0.4) is 0 Å². The number of rotatable bonds is 3. The molecule has 1 N–H and O–H groups in total. The van der Waals surface area contributed by atoms with Crippen LogP contribution < -0.4 is 0 Å². The molecular formula is C11H8Br2N2OS2. The summed E-state index contributed by atoms with van der Waals surface area (Å²) in [6, 6.07) is 1.94. The molecule has 0 amide bonds. The monoisotopic (exact) mass is 406 g/mol. The van der Waals surface area contributed by atoms with Crippen LogP contribution in [0.15, 0.2) is 31.4 Å². The second kappa shape index (κ2) is 5.05. The molecule has 0 aliphatic carbocycles. The topological polar surface area (TPSA) is 37.5 Å². The largest absolute Gasteiger partial charge is 0.388 e. The summed E-state index contributed by atoms with van der Waals surface area (Å²) in [4.78, 5) is 5.43. The Hall–Kier alpha value is -0.210. The van der Waals surface area contributed by atoms with E-state index in [1.54, 1.807) is 22.7 Å². The number of imidazole rings is 1. The summed E-state index contributed by atoms with van der Waals surface area (Å²) in [6.45, 7) is 0. The number of hydrogen-bond acceptors (Lipinski definition) is 4. The third-order valence-electron chi connectivity index (χ3n) is 2.59. The second-order valence-electron chi connectivity index (χ2n) is 3.82. The first-order chi connectivity index (χ1) is 8.63. The van der Waals surface area contributed by atoms with Gasteiger partial charge in [0.25, 0.3) is 0 Å². The third kappa shape index (κ3) is 2.42. The highest BCUT2D eigenvalue weighted by atomic mass is 79.9. The van der Waals surface area contributed by atoms with Gasteiger partial charge in [-0.3, -0.25) is 4.40 Å². The normalized spacial score (nSPS) is 13.3. The van der Waals surface area contributed by atoms with Gasteiger partial charge in [-0.05, 0) is 37.9 Å². The molecule has 0 aliphatic heterocycles. The molecule has 3 heterocycles. The van der Waals surface area contributed by atoms with Gasteiger partial charge in [0.1, 0.15) is 0 Å². The summed E-state index contributed by atoms with van der Waals surface area (Å²) >= 11 is 10.0. The number of aromatic nitrogens is 2. The van der Waals surface area contributed by atoms with E-state index in [9.17, 15) is 5.11 Å². The quantitative estimate of drug-likeness (QED) is 0.704. The predicted octanol–water partition coefficient (Wildman–Crippen LogP) is 4.26. The lowest BCUT2D eigenvalue weighted by atomic mass is 10.1. The van der Waals surface area contributed by atoms with E-state index in [1.807, 2.05) is 28.2 Å². The van der Waals surface area contributed by atoms with Gasteiger partial charge in [0, 0.05) is 29.8 Å². The third-order valence-corrected chi connectivity index (χ3v) is 5.74. The van der Waals surface area contributed by atoms with E-state index in [1.165, 1.54) is 0 Å². The number of thiazole rings is 1. The molecule has 0 saturated carbocycles. The zero-order valence-corrected chi connectivity index (χ0v) is 13.8. The van der Waals surface area contributed by atoms with Crippen molar-refractivity contribution in [2.45, 2.75) is 12.5 Å². The van der Waals surface area contributed by atoms with E-state index in [-0.39, 0.29) is 0 Å². The lowest BCUT2D eigenvalue weighted by Crippen LogP contribution is -2.01. The number of hydrogen-bond donors (Lipinski definition) is 1. The van der Waals surface area contributed by atoms with Gasteiger partial charge in [-0.15, -0.1) is 22.7 Å². The number of fused-ring (bicyclic) bond motifs is 1. The molecule has 0 aromatic carbocycles. The van der Waals surface area contributed by atoms with Crippen LogP contribution in [-0.2, 0) is 6.42 Å². The maximum Gasteiger partial charge on any atom is 0.193 e. The lowest BCUT2D eigenvalue weighted by molar-refractivity contribution is 0.177. The van der Waals surface area contributed by atoms with Crippen LogP contribution in [0.4, 0.5) is 0 Å². The van der Waals surface area contributed by atoms with Gasteiger partial charge in [0.05, 0.1) is 19.4 Å². The number of nitrogens with zero attached hydrogens (tertiary/aromatic N) is 2. The van der Waals surface area contributed by atoms with Gasteiger partial charge in [-0.1, -0.05) is 0 Å². The molecule has 0 bridgehead atoms. The van der Waals surface area contributed by atoms with Crippen LogP contribution in [0.1, 0.15) is 17.4 Å². The smallest absolute Gasteiger partial charge is 0.193 e. The maximum atomic E-state index is 10.2.